The lowest BCUT2D eigenvalue weighted by atomic mass is 10.2. The zero-order chi connectivity index (χ0) is 23.9. The van der Waals surface area contributed by atoms with Gasteiger partial charge in [-0.2, -0.15) is 13.2 Å². The Morgan fingerprint density at radius 3 is 2.30 bits per heavy atom. The first-order valence-electron chi connectivity index (χ1n) is 9.12. The number of aromatic nitrogens is 1. The van der Waals surface area contributed by atoms with Gasteiger partial charge in [-0.3, -0.25) is 9.44 Å². The normalized spacial score (nSPS) is 12.6. The van der Waals surface area contributed by atoms with Gasteiger partial charge in [0.2, 0.25) is 0 Å². The van der Waals surface area contributed by atoms with Crippen molar-refractivity contribution in [1.29, 1.82) is 0 Å². The summed E-state index contributed by atoms with van der Waals surface area (Å²) in [7, 11) is -8.60. The number of benzene rings is 2. The fourth-order valence-electron chi connectivity index (χ4n) is 2.88. The maximum Gasteiger partial charge on any atom is 0.416 e. The van der Waals surface area contributed by atoms with Gasteiger partial charge in [0.25, 0.3) is 20.0 Å². The van der Waals surface area contributed by atoms with Crippen LogP contribution in [0, 0.1) is 0 Å². The molecule has 0 atom stereocenters. The molecule has 4 rings (SSSR count). The van der Waals surface area contributed by atoms with Gasteiger partial charge in [0.05, 0.1) is 16.1 Å². The van der Waals surface area contributed by atoms with Crippen LogP contribution in [-0.4, -0.2) is 21.8 Å². The number of anilines is 2. The van der Waals surface area contributed by atoms with Crippen molar-refractivity contribution in [3.8, 4) is 0 Å². The fraction of sp³-hybridized carbons (Fsp3) is 0.0500. The van der Waals surface area contributed by atoms with Gasteiger partial charge in [-0.1, -0.05) is 24.3 Å². The van der Waals surface area contributed by atoms with Crippen LogP contribution in [0.5, 0.6) is 0 Å². The summed E-state index contributed by atoms with van der Waals surface area (Å²) in [6.45, 7) is 0. The van der Waals surface area contributed by atoms with E-state index in [1.165, 1.54) is 24.4 Å². The number of nitrogens with zero attached hydrogens (tertiary/aromatic N) is 1. The predicted molar refractivity (Wildman–Crippen MR) is 119 cm³/mol. The number of fused-ring (bicyclic) bond motifs is 1. The third-order valence-electron chi connectivity index (χ3n) is 4.42. The third-order valence-corrected chi connectivity index (χ3v) is 8.71. The second-order valence-corrected chi connectivity index (χ2v) is 11.4. The molecule has 33 heavy (non-hydrogen) atoms. The predicted octanol–water partition coefficient (Wildman–Crippen LogP) is 4.92. The summed E-state index contributed by atoms with van der Waals surface area (Å²) in [6.07, 6.45) is -3.49. The number of rotatable bonds is 6. The second kappa shape index (κ2) is 8.32. The van der Waals surface area contributed by atoms with Crippen molar-refractivity contribution in [2.45, 2.75) is 15.3 Å². The first-order valence-corrected chi connectivity index (χ1v) is 12.9. The minimum Gasteiger partial charge on any atom is -0.276 e. The van der Waals surface area contributed by atoms with Crippen molar-refractivity contribution < 1.29 is 30.0 Å². The molecule has 0 aliphatic carbocycles. The second-order valence-electron chi connectivity index (χ2n) is 6.74. The molecule has 0 saturated carbocycles. The molecule has 0 saturated heterocycles. The quantitative estimate of drug-likeness (QED) is 0.381. The van der Waals surface area contributed by atoms with E-state index in [4.69, 9.17) is 0 Å². The lowest BCUT2D eigenvalue weighted by Crippen LogP contribution is -2.18. The fourth-order valence-corrected chi connectivity index (χ4v) is 6.42. The van der Waals surface area contributed by atoms with Crippen molar-refractivity contribution in [3.05, 3.63) is 78.5 Å². The van der Waals surface area contributed by atoms with E-state index >= 15 is 0 Å². The highest BCUT2D eigenvalue weighted by Gasteiger charge is 2.32. The molecule has 4 aromatic rings. The Morgan fingerprint density at radius 2 is 1.58 bits per heavy atom. The van der Waals surface area contributed by atoms with Crippen molar-refractivity contribution >= 4 is 53.0 Å². The highest BCUT2D eigenvalue weighted by molar-refractivity contribution is 7.95. The van der Waals surface area contributed by atoms with Gasteiger partial charge in [0.1, 0.15) is 4.21 Å². The Hall–Kier alpha value is -3.16. The Bertz CT molecular complexity index is 1520. The van der Waals surface area contributed by atoms with Crippen LogP contribution >= 0.6 is 11.3 Å². The number of halogens is 3. The molecule has 2 heterocycles. The van der Waals surface area contributed by atoms with Crippen LogP contribution in [0.3, 0.4) is 0 Å². The molecule has 13 heteroatoms. The van der Waals surface area contributed by atoms with Gasteiger partial charge in [-0.15, -0.1) is 11.3 Å². The van der Waals surface area contributed by atoms with Crippen LogP contribution in [0.1, 0.15) is 5.56 Å². The number of thiophene rings is 1. The van der Waals surface area contributed by atoms with E-state index in [0.29, 0.717) is 6.07 Å². The van der Waals surface area contributed by atoms with E-state index < -0.39 is 36.7 Å². The summed E-state index contributed by atoms with van der Waals surface area (Å²) in [6, 6.07) is 14.3. The van der Waals surface area contributed by atoms with Crippen LogP contribution in [0.15, 0.2) is 82.0 Å². The molecular weight excluding hydrogens is 499 g/mol. The van der Waals surface area contributed by atoms with E-state index in [1.807, 2.05) is 0 Å². The average molecular weight is 514 g/mol. The van der Waals surface area contributed by atoms with Gasteiger partial charge in [0.15, 0.2) is 5.82 Å². The van der Waals surface area contributed by atoms with Crippen LogP contribution < -0.4 is 9.44 Å². The molecular formula is C20H14F3N3O4S3. The smallest absolute Gasteiger partial charge is 0.276 e. The molecule has 0 fully saturated rings. The minimum absolute atomic E-state index is 0.0129. The number of hydrogen-bond acceptors (Lipinski definition) is 6. The summed E-state index contributed by atoms with van der Waals surface area (Å²) < 4.78 is 95.1. The van der Waals surface area contributed by atoms with Crippen LogP contribution in [-0.2, 0) is 26.2 Å². The van der Waals surface area contributed by atoms with Crippen molar-refractivity contribution in [3.63, 3.8) is 0 Å². The van der Waals surface area contributed by atoms with E-state index in [-0.39, 0.29) is 15.7 Å². The van der Waals surface area contributed by atoms with Crippen LogP contribution in [0.25, 0.3) is 10.1 Å². The molecule has 0 aliphatic rings. The summed E-state index contributed by atoms with van der Waals surface area (Å²) in [5.74, 6) is -0.328. The summed E-state index contributed by atoms with van der Waals surface area (Å²) in [5.41, 5.74) is -1.39. The summed E-state index contributed by atoms with van der Waals surface area (Å²) in [5, 5.41) is 0.717. The number of alkyl halides is 3. The van der Waals surface area contributed by atoms with Gasteiger partial charge >= 0.3 is 6.18 Å². The molecule has 172 valence electrons. The van der Waals surface area contributed by atoms with Gasteiger partial charge < -0.3 is 0 Å². The standard InChI is InChI=1S/C20H14F3N3O4S3/c21-20(22,23)14-6-3-7-15(12-14)32(27,28)25-16-8-4-10-24-19(16)26-33(29,30)18-11-13-5-1-2-9-17(13)31-18/h1-12,25H,(H,24,26). The average Bonchev–Trinajstić information content (AvgIpc) is 3.20. The Kier molecular flexibility index (Phi) is 5.80. The number of nitrogens with one attached hydrogen (secondary N) is 2. The Labute approximate surface area is 191 Å². The number of pyridine rings is 1. The van der Waals surface area contributed by atoms with E-state index in [0.717, 1.165) is 39.6 Å². The molecule has 0 radical (unpaired) electrons. The highest BCUT2D eigenvalue weighted by Crippen LogP contribution is 2.33. The van der Waals surface area contributed by atoms with Gasteiger partial charge in [0, 0.05) is 10.9 Å². The molecule has 7 nitrogen and oxygen atoms in total. The zero-order valence-electron chi connectivity index (χ0n) is 16.4. The van der Waals surface area contributed by atoms with Gasteiger partial charge in [-0.05, 0) is 47.9 Å². The first-order chi connectivity index (χ1) is 15.5. The zero-order valence-corrected chi connectivity index (χ0v) is 18.8. The largest absolute Gasteiger partial charge is 0.416 e. The molecule has 0 spiro atoms. The molecule has 2 aromatic carbocycles. The first kappa shape index (κ1) is 23.0. The van der Waals surface area contributed by atoms with Crippen LogP contribution in [0.2, 0.25) is 0 Å². The molecule has 2 aromatic heterocycles. The van der Waals surface area contributed by atoms with E-state index in [2.05, 4.69) is 14.4 Å². The van der Waals surface area contributed by atoms with Crippen molar-refractivity contribution in [2.75, 3.05) is 9.44 Å². The monoisotopic (exact) mass is 513 g/mol. The lowest BCUT2D eigenvalue weighted by Gasteiger charge is -2.14. The summed E-state index contributed by atoms with van der Waals surface area (Å²) >= 11 is 1.02. The molecule has 0 aliphatic heterocycles. The van der Waals surface area contributed by atoms with Gasteiger partial charge in [-0.25, -0.2) is 21.8 Å². The number of sulfonamides is 2. The molecule has 0 unspecified atom stereocenters. The Morgan fingerprint density at radius 1 is 0.818 bits per heavy atom. The SMILES string of the molecule is O=S(=O)(Nc1cccnc1NS(=O)(=O)c1cc2ccccc2s1)c1cccc(C(F)(F)F)c1. The Balaban J connectivity index is 1.65. The molecule has 0 amide bonds. The van der Waals surface area contributed by atoms with Crippen LogP contribution in [0.4, 0.5) is 24.7 Å². The number of hydrogen-bond donors (Lipinski definition) is 2. The topological polar surface area (TPSA) is 105 Å². The lowest BCUT2D eigenvalue weighted by molar-refractivity contribution is -0.137. The third kappa shape index (κ3) is 4.94. The maximum absolute atomic E-state index is 13.0. The summed E-state index contributed by atoms with van der Waals surface area (Å²) in [4.78, 5) is 3.25. The minimum atomic E-state index is -4.73. The highest BCUT2D eigenvalue weighted by atomic mass is 32.2. The maximum atomic E-state index is 13.0. The van der Waals surface area contributed by atoms with Crippen molar-refractivity contribution in [1.82, 2.24) is 4.98 Å². The molecule has 0 bridgehead atoms. The molecule has 2 N–H and O–H groups in total. The van der Waals surface area contributed by atoms with E-state index in [1.54, 1.807) is 24.3 Å². The van der Waals surface area contributed by atoms with E-state index in [9.17, 15) is 30.0 Å². The van der Waals surface area contributed by atoms with Crippen molar-refractivity contribution in [2.24, 2.45) is 0 Å².